The molecule has 27 nitrogen and oxygen atoms in total. The van der Waals surface area contributed by atoms with E-state index in [4.69, 9.17) is 14.2 Å². The number of phenolic OH excluding ortho intramolecular Hbond substituents is 1. The number of aromatic nitrogens is 12. The molecule has 0 radical (unpaired) electrons. The summed E-state index contributed by atoms with van der Waals surface area (Å²) in [6.45, 7) is 7.42. The van der Waals surface area contributed by atoms with Crippen LogP contribution in [0.25, 0.3) is 83.5 Å². The molecule has 14 rings (SSSR count). The highest BCUT2D eigenvalue weighted by Gasteiger charge is 2.43. The number of carbonyl (C=O) groups is 3. The number of ether oxygens (including phenoxy) is 5. The predicted octanol–water partition coefficient (Wildman–Crippen LogP) is 12.3. The summed E-state index contributed by atoms with van der Waals surface area (Å²) in [5.74, 6) is 2.60. The molecule has 0 bridgehead atoms. The summed E-state index contributed by atoms with van der Waals surface area (Å²) in [5, 5.41) is 39.2. The predicted molar refractivity (Wildman–Crippen MR) is 356 cm³/mol. The molecule has 0 unspecified atom stereocenters. The van der Waals surface area contributed by atoms with E-state index >= 15 is 0 Å². The maximum atomic E-state index is 13.4. The molecular formula is C67H62F2N18O9. The molecule has 0 saturated carbocycles. The number of nitrogens with one attached hydrogen (secondary N) is 9. The van der Waals surface area contributed by atoms with Gasteiger partial charge in [0.05, 0.1) is 47.8 Å². The number of urea groups is 3. The van der Waals surface area contributed by atoms with Crippen LogP contribution in [-0.4, -0.2) is 123 Å². The smallest absolute Gasteiger partial charge is 0.504 e. The third-order valence-electron chi connectivity index (χ3n) is 14.6. The summed E-state index contributed by atoms with van der Waals surface area (Å²) >= 11 is 0. The number of anilines is 3. The second-order valence-electron chi connectivity index (χ2n) is 21.1. The Bertz CT molecular complexity index is 4900. The molecule has 10 N–H and O–H groups in total. The van der Waals surface area contributed by atoms with Gasteiger partial charge in [0.1, 0.15) is 23.2 Å². The fourth-order valence-electron chi connectivity index (χ4n) is 10.4. The Morgan fingerprint density at radius 1 is 0.490 bits per heavy atom. The van der Waals surface area contributed by atoms with Crippen LogP contribution in [0.5, 0.6) is 34.5 Å². The van der Waals surface area contributed by atoms with Crippen LogP contribution in [0.1, 0.15) is 26.3 Å². The molecule has 0 spiro atoms. The van der Waals surface area contributed by atoms with Gasteiger partial charge in [-0.25, -0.2) is 43.4 Å². The van der Waals surface area contributed by atoms with Crippen LogP contribution in [0.15, 0.2) is 177 Å². The number of alkyl halides is 2. The molecule has 0 fully saturated rings. The van der Waals surface area contributed by atoms with Crippen molar-refractivity contribution in [3.05, 3.63) is 182 Å². The van der Waals surface area contributed by atoms with Crippen molar-refractivity contribution in [1.29, 1.82) is 0 Å². The van der Waals surface area contributed by atoms with E-state index in [0.717, 1.165) is 50.2 Å². The minimum atomic E-state index is -3.69. The number of hydrogen-bond donors (Lipinski definition) is 10. The van der Waals surface area contributed by atoms with Gasteiger partial charge in [-0.2, -0.15) is 15.3 Å². The van der Waals surface area contributed by atoms with Crippen molar-refractivity contribution >= 4 is 69.0 Å². The van der Waals surface area contributed by atoms with Gasteiger partial charge in [0.15, 0.2) is 34.5 Å². The van der Waals surface area contributed by atoms with Gasteiger partial charge >= 0.3 is 24.4 Å². The first-order valence-corrected chi connectivity index (χ1v) is 30.0. The van der Waals surface area contributed by atoms with E-state index in [9.17, 15) is 28.3 Å². The molecular weight excluding hydrogens is 1240 g/mol. The average Bonchev–Trinajstić information content (AvgIpc) is 1.58. The van der Waals surface area contributed by atoms with E-state index < -0.39 is 6.29 Å². The Kier molecular flexibility index (Phi) is 18.4. The van der Waals surface area contributed by atoms with Crippen molar-refractivity contribution in [1.82, 2.24) is 75.2 Å². The highest BCUT2D eigenvalue weighted by molar-refractivity contribution is 5.97. The molecule has 6 amide bonds. The molecule has 488 valence electrons. The molecule has 13 aromatic rings. The Balaban J connectivity index is 0.000000139. The second kappa shape index (κ2) is 27.9. The van der Waals surface area contributed by atoms with Gasteiger partial charge in [-0.15, -0.1) is 8.78 Å². The zero-order valence-electron chi connectivity index (χ0n) is 52.1. The quantitative estimate of drug-likeness (QED) is 0.0405. The number of imidazole rings is 3. The van der Waals surface area contributed by atoms with Gasteiger partial charge in [-0.1, -0.05) is 48.5 Å². The third kappa shape index (κ3) is 14.2. The number of carbonyl (C=O) groups excluding carboxylic acids is 3. The number of rotatable bonds is 17. The van der Waals surface area contributed by atoms with Crippen LogP contribution >= 0.6 is 0 Å². The lowest BCUT2D eigenvalue weighted by atomic mass is 10.0. The first-order chi connectivity index (χ1) is 46.6. The normalized spacial score (nSPS) is 11.9. The molecule has 29 heteroatoms. The number of phenols is 1. The van der Waals surface area contributed by atoms with E-state index in [1.54, 1.807) is 76.3 Å². The molecule has 96 heavy (non-hydrogen) atoms. The number of amides is 6. The summed E-state index contributed by atoms with van der Waals surface area (Å²) in [6, 6.07) is 41.4. The van der Waals surface area contributed by atoms with E-state index in [1.807, 2.05) is 130 Å². The van der Waals surface area contributed by atoms with Gasteiger partial charge in [0, 0.05) is 56.8 Å². The van der Waals surface area contributed by atoms with Gasteiger partial charge in [0.25, 0.3) is 0 Å². The van der Waals surface area contributed by atoms with Crippen molar-refractivity contribution in [2.75, 3.05) is 49.8 Å². The average molecular weight is 1300 g/mol. The number of benzene rings is 7. The van der Waals surface area contributed by atoms with Crippen LogP contribution < -0.4 is 55.6 Å². The maximum absolute atomic E-state index is 13.4. The number of aromatic hydroxyl groups is 1. The van der Waals surface area contributed by atoms with Gasteiger partial charge in [-0.05, 0) is 151 Å². The lowest BCUT2D eigenvalue weighted by molar-refractivity contribution is -0.286. The van der Waals surface area contributed by atoms with E-state index in [0.29, 0.717) is 94.3 Å². The Labute approximate surface area is 544 Å². The first kappa shape index (κ1) is 63.2. The highest BCUT2D eigenvalue weighted by atomic mass is 19.3. The monoisotopic (exact) mass is 1300 g/mol. The van der Waals surface area contributed by atoms with Crippen molar-refractivity contribution < 1.29 is 52.0 Å². The van der Waals surface area contributed by atoms with Crippen molar-refractivity contribution in [3.63, 3.8) is 0 Å². The summed E-state index contributed by atoms with van der Waals surface area (Å²) < 4.78 is 57.7. The SMILES string of the molecule is CCNC(=O)Nc1nc2c(-n3cccn3)cc(-c3ccc(OC)c(O)c3)cc2[nH]1.CCNC(=O)Nc1nc2c(-n3cccn3)cc(-c3ccc(OC)c(OCc4ccccc4)c3)cc2[nH]1.CCNC(=O)Nc1nc2c(-n3cccn3)cc(-c3ccc4c(c3)OC(F)(F)O4)cc2[nH]1. The number of halogens is 2. The number of aromatic amines is 3. The van der Waals surface area contributed by atoms with Gasteiger partial charge < -0.3 is 59.7 Å². The Morgan fingerprint density at radius 3 is 1.32 bits per heavy atom. The van der Waals surface area contributed by atoms with E-state index in [-0.39, 0.29) is 41.3 Å². The van der Waals surface area contributed by atoms with Crippen LogP contribution in [-0.2, 0) is 6.61 Å². The highest BCUT2D eigenvalue weighted by Crippen LogP contribution is 2.44. The fourth-order valence-corrected chi connectivity index (χ4v) is 10.4. The van der Waals surface area contributed by atoms with Crippen molar-refractivity contribution in [2.45, 2.75) is 33.7 Å². The molecule has 0 atom stereocenters. The fraction of sp³-hybridized carbons (Fsp3) is 0.149. The summed E-state index contributed by atoms with van der Waals surface area (Å²) in [5.41, 5.74) is 12.1. The number of H-pyrrole nitrogens is 3. The standard InChI is InChI=1S/C27H26N6O3.C20H16F2N6O3.C20H20N6O3/c1-3-28-27(34)32-26-30-21-14-20(15-22(25(21)31-26)33-13-7-12-29-33)19-10-11-23(35-2)24(16-19)36-17-18-8-5-4-6-9-18;1-2-23-19(29)27-18-25-13-8-12(9-14(17(13)26-18)28-7-3-6-24-28)11-4-5-15-16(10-11)31-20(21,22)30-15;1-3-21-20(28)25-19-23-14-9-13(12-5-6-17(29-2)16(27)11-12)10-15(18(14)24-19)26-8-4-7-22-26/h4-16H,3,17H2,1-2H3,(H3,28,30,31,32,34);3-10H,2H2,1H3,(H3,23,25,26,27,29);4-11,27H,3H2,1-2H3,(H3,21,23,24,25,28). The Hall–Kier alpha value is -13.0. The molecule has 7 aromatic carbocycles. The zero-order valence-corrected chi connectivity index (χ0v) is 52.1. The van der Waals surface area contributed by atoms with Gasteiger partial charge in [0.2, 0.25) is 17.8 Å². The molecule has 7 heterocycles. The molecule has 0 aliphatic carbocycles. The zero-order chi connectivity index (χ0) is 66.9. The minimum absolute atomic E-state index is 0.0305. The van der Waals surface area contributed by atoms with Crippen LogP contribution in [0.4, 0.5) is 41.0 Å². The molecule has 6 aromatic heterocycles. The first-order valence-electron chi connectivity index (χ1n) is 30.0. The largest absolute Gasteiger partial charge is 0.586 e. The second-order valence-corrected chi connectivity index (χ2v) is 21.1. The minimum Gasteiger partial charge on any atom is -0.504 e. The van der Waals surface area contributed by atoms with Gasteiger partial charge in [-0.3, -0.25) is 16.0 Å². The van der Waals surface area contributed by atoms with Crippen LogP contribution in [0, 0.1) is 0 Å². The molecule has 1 aliphatic heterocycles. The summed E-state index contributed by atoms with van der Waals surface area (Å²) in [4.78, 5) is 58.7. The van der Waals surface area contributed by atoms with Crippen LogP contribution in [0.3, 0.4) is 0 Å². The molecule has 1 aliphatic rings. The van der Waals surface area contributed by atoms with E-state index in [2.05, 4.69) is 86.6 Å². The number of methoxy groups -OCH3 is 2. The lowest BCUT2D eigenvalue weighted by Gasteiger charge is -2.13. The van der Waals surface area contributed by atoms with Crippen molar-refractivity contribution in [2.24, 2.45) is 0 Å². The summed E-state index contributed by atoms with van der Waals surface area (Å²) in [6.07, 6.45) is 6.75. The maximum Gasteiger partial charge on any atom is 0.586 e. The summed E-state index contributed by atoms with van der Waals surface area (Å²) in [7, 11) is 3.13. The number of fused-ring (bicyclic) bond motifs is 4. The molecule has 0 saturated heterocycles. The number of hydrogen-bond acceptors (Lipinski definition) is 15. The van der Waals surface area contributed by atoms with E-state index in [1.165, 1.54) is 19.2 Å². The lowest BCUT2D eigenvalue weighted by Crippen LogP contribution is -2.28. The number of nitrogens with zero attached hydrogens (tertiary/aromatic N) is 9. The van der Waals surface area contributed by atoms with Crippen molar-refractivity contribution in [3.8, 4) is 84.9 Å². The third-order valence-corrected chi connectivity index (χ3v) is 14.6. The van der Waals surface area contributed by atoms with Crippen LogP contribution in [0.2, 0.25) is 0 Å². The Morgan fingerprint density at radius 2 is 0.906 bits per heavy atom. The topological polar surface area (TPSA) is 329 Å².